The van der Waals surface area contributed by atoms with Crippen LogP contribution in [0.2, 0.25) is 0 Å². The molecule has 3 nitrogen and oxygen atoms in total. The Morgan fingerprint density at radius 2 is 1.85 bits per heavy atom. The third kappa shape index (κ3) is 3.58. The summed E-state index contributed by atoms with van der Waals surface area (Å²) in [6.07, 6.45) is 2.20. The van der Waals surface area contributed by atoms with Crippen LogP contribution in [-0.4, -0.2) is 16.6 Å². The van der Waals surface area contributed by atoms with Gasteiger partial charge in [0, 0.05) is 18.4 Å². The summed E-state index contributed by atoms with van der Waals surface area (Å²) < 4.78 is 0. The minimum atomic E-state index is -0.366. The summed E-state index contributed by atoms with van der Waals surface area (Å²) in [6.45, 7) is 5.84. The molecule has 1 heterocycles. The monoisotopic (exact) mass is 270 g/mol. The van der Waals surface area contributed by atoms with Gasteiger partial charge in [0.2, 0.25) is 0 Å². The van der Waals surface area contributed by atoms with E-state index in [2.05, 4.69) is 28.9 Å². The van der Waals surface area contributed by atoms with Crippen LogP contribution in [0.5, 0.6) is 0 Å². The van der Waals surface area contributed by atoms with Crippen molar-refractivity contribution in [2.75, 3.05) is 11.4 Å². The molecule has 0 saturated heterocycles. The van der Waals surface area contributed by atoms with Crippen molar-refractivity contribution in [2.24, 2.45) is 0 Å². The summed E-state index contributed by atoms with van der Waals surface area (Å²) in [5, 5.41) is 9.83. The largest absolute Gasteiger partial charge is 0.388 e. The minimum absolute atomic E-state index is 0.366. The molecule has 20 heavy (non-hydrogen) atoms. The van der Waals surface area contributed by atoms with Crippen molar-refractivity contribution in [1.82, 2.24) is 4.98 Å². The lowest BCUT2D eigenvalue weighted by Crippen LogP contribution is -2.22. The van der Waals surface area contributed by atoms with E-state index in [0.717, 1.165) is 36.5 Å². The first-order valence-corrected chi connectivity index (χ1v) is 7.17. The summed E-state index contributed by atoms with van der Waals surface area (Å²) in [4.78, 5) is 6.64. The highest BCUT2D eigenvalue weighted by molar-refractivity contribution is 5.48. The predicted molar refractivity (Wildman–Crippen MR) is 82.7 cm³/mol. The molecule has 0 aliphatic heterocycles. The molecule has 0 bridgehead atoms. The van der Waals surface area contributed by atoms with E-state index in [9.17, 15) is 5.11 Å². The van der Waals surface area contributed by atoms with Crippen LogP contribution in [0.3, 0.4) is 0 Å². The Kier molecular flexibility index (Phi) is 5.13. The molecule has 1 aromatic carbocycles. The van der Waals surface area contributed by atoms with E-state index in [4.69, 9.17) is 0 Å². The van der Waals surface area contributed by atoms with E-state index in [1.807, 2.05) is 43.5 Å². The van der Waals surface area contributed by atoms with Crippen molar-refractivity contribution in [3.05, 3.63) is 59.9 Å². The zero-order chi connectivity index (χ0) is 14.4. The predicted octanol–water partition coefficient (Wildman–Crippen LogP) is 3.55. The van der Waals surface area contributed by atoms with Gasteiger partial charge in [-0.1, -0.05) is 25.1 Å². The number of aliphatic hydroxyl groups is 1. The number of pyridine rings is 1. The second-order valence-corrected chi connectivity index (χ2v) is 4.85. The van der Waals surface area contributed by atoms with Crippen LogP contribution in [0.4, 0.5) is 5.69 Å². The summed E-state index contributed by atoms with van der Waals surface area (Å²) in [5.74, 6) is 0. The lowest BCUT2D eigenvalue weighted by atomic mass is 10.1. The van der Waals surface area contributed by atoms with Gasteiger partial charge in [-0.2, -0.15) is 0 Å². The number of aliphatic hydroxyl groups excluding tert-OH is 1. The molecule has 106 valence electrons. The van der Waals surface area contributed by atoms with Crippen LogP contribution in [-0.2, 0) is 6.54 Å². The van der Waals surface area contributed by atoms with Gasteiger partial charge in [-0.15, -0.1) is 0 Å². The lowest BCUT2D eigenvalue weighted by Gasteiger charge is -2.23. The van der Waals surface area contributed by atoms with Crippen LogP contribution < -0.4 is 4.90 Å². The third-order valence-corrected chi connectivity index (χ3v) is 3.49. The molecule has 0 saturated carbocycles. The first kappa shape index (κ1) is 14.5. The second kappa shape index (κ2) is 7.06. The van der Waals surface area contributed by atoms with Crippen LogP contribution in [0, 0.1) is 0 Å². The molecular formula is C17H22N2O. The zero-order valence-corrected chi connectivity index (χ0v) is 12.2. The van der Waals surface area contributed by atoms with Gasteiger partial charge >= 0.3 is 0 Å². The van der Waals surface area contributed by atoms with E-state index in [0.29, 0.717) is 0 Å². The average Bonchev–Trinajstić information content (AvgIpc) is 2.53. The van der Waals surface area contributed by atoms with Crippen molar-refractivity contribution in [3.63, 3.8) is 0 Å². The summed E-state index contributed by atoms with van der Waals surface area (Å²) in [7, 11) is 0. The number of anilines is 1. The van der Waals surface area contributed by atoms with Crippen LogP contribution in [0.1, 0.15) is 37.6 Å². The summed E-state index contributed by atoms with van der Waals surface area (Å²) in [5.41, 5.74) is 3.20. The molecule has 3 heteroatoms. The molecule has 0 radical (unpaired) electrons. The van der Waals surface area contributed by atoms with Gasteiger partial charge in [0.25, 0.3) is 0 Å². The van der Waals surface area contributed by atoms with Crippen molar-refractivity contribution >= 4 is 5.69 Å². The molecule has 2 aromatic rings. The number of benzene rings is 1. The van der Waals surface area contributed by atoms with E-state index in [1.165, 1.54) is 0 Å². The molecule has 1 N–H and O–H groups in total. The average molecular weight is 270 g/mol. The Morgan fingerprint density at radius 3 is 2.40 bits per heavy atom. The van der Waals surface area contributed by atoms with E-state index >= 15 is 0 Å². The standard InChI is InChI=1S/C17H22N2O/c1-3-17(20)14-8-10-16(11-9-14)19(4-2)13-15-7-5-6-12-18-15/h5-12,17,20H,3-4,13H2,1-2H3/t17-/m1/s1. The van der Waals surface area contributed by atoms with Gasteiger partial charge in [0.1, 0.15) is 0 Å². The molecule has 1 aromatic heterocycles. The highest BCUT2D eigenvalue weighted by Crippen LogP contribution is 2.22. The van der Waals surface area contributed by atoms with Gasteiger partial charge in [0.15, 0.2) is 0 Å². The lowest BCUT2D eigenvalue weighted by molar-refractivity contribution is 0.173. The maximum Gasteiger partial charge on any atom is 0.0787 e. The molecule has 0 fully saturated rings. The molecule has 0 aliphatic carbocycles. The van der Waals surface area contributed by atoms with E-state index < -0.39 is 0 Å². The van der Waals surface area contributed by atoms with Crippen LogP contribution in [0.15, 0.2) is 48.7 Å². The fourth-order valence-electron chi connectivity index (χ4n) is 2.22. The fourth-order valence-corrected chi connectivity index (χ4v) is 2.22. The van der Waals surface area contributed by atoms with Gasteiger partial charge in [-0.05, 0) is 43.2 Å². The summed E-state index contributed by atoms with van der Waals surface area (Å²) >= 11 is 0. The minimum Gasteiger partial charge on any atom is -0.388 e. The smallest absolute Gasteiger partial charge is 0.0787 e. The van der Waals surface area contributed by atoms with Crippen molar-refractivity contribution in [1.29, 1.82) is 0 Å². The topological polar surface area (TPSA) is 36.4 Å². The van der Waals surface area contributed by atoms with Crippen molar-refractivity contribution in [2.45, 2.75) is 32.9 Å². The molecular weight excluding hydrogens is 248 g/mol. The summed E-state index contributed by atoms with van der Waals surface area (Å²) in [6, 6.07) is 14.1. The second-order valence-electron chi connectivity index (χ2n) is 4.85. The van der Waals surface area contributed by atoms with Crippen molar-refractivity contribution in [3.8, 4) is 0 Å². The Hall–Kier alpha value is -1.87. The quantitative estimate of drug-likeness (QED) is 0.872. The highest BCUT2D eigenvalue weighted by atomic mass is 16.3. The van der Waals surface area contributed by atoms with Gasteiger partial charge < -0.3 is 10.0 Å². The highest BCUT2D eigenvalue weighted by Gasteiger charge is 2.08. The van der Waals surface area contributed by atoms with Crippen LogP contribution in [0.25, 0.3) is 0 Å². The number of hydrogen-bond donors (Lipinski definition) is 1. The first-order valence-electron chi connectivity index (χ1n) is 7.17. The molecule has 0 aliphatic rings. The Balaban J connectivity index is 2.11. The van der Waals surface area contributed by atoms with Gasteiger partial charge in [-0.3, -0.25) is 4.98 Å². The molecule has 0 unspecified atom stereocenters. The van der Waals surface area contributed by atoms with Crippen LogP contribution >= 0.6 is 0 Å². The number of aromatic nitrogens is 1. The number of hydrogen-bond acceptors (Lipinski definition) is 3. The van der Waals surface area contributed by atoms with Gasteiger partial charge in [0.05, 0.1) is 18.3 Å². The molecule has 0 spiro atoms. The molecule has 1 atom stereocenters. The Labute approximate surface area is 120 Å². The molecule has 0 amide bonds. The number of rotatable bonds is 6. The van der Waals surface area contributed by atoms with E-state index in [-0.39, 0.29) is 6.10 Å². The zero-order valence-electron chi connectivity index (χ0n) is 12.2. The fraction of sp³-hybridized carbons (Fsp3) is 0.353. The van der Waals surface area contributed by atoms with E-state index in [1.54, 1.807) is 0 Å². The third-order valence-electron chi connectivity index (χ3n) is 3.49. The maximum atomic E-state index is 9.83. The van der Waals surface area contributed by atoms with Crippen molar-refractivity contribution < 1.29 is 5.11 Å². The number of nitrogens with zero attached hydrogens (tertiary/aromatic N) is 2. The maximum absolute atomic E-state index is 9.83. The SMILES string of the molecule is CC[C@@H](O)c1ccc(N(CC)Cc2ccccn2)cc1. The first-order chi connectivity index (χ1) is 9.74. The normalized spacial score (nSPS) is 12.2. The van der Waals surface area contributed by atoms with Gasteiger partial charge in [-0.25, -0.2) is 0 Å². The Morgan fingerprint density at radius 1 is 1.10 bits per heavy atom. The molecule has 2 rings (SSSR count). The Bertz CT molecular complexity index is 510.